The van der Waals surface area contributed by atoms with E-state index in [0.29, 0.717) is 0 Å². The molecule has 14 atom stereocenters. The maximum Gasteiger partial charge on any atom is 0.0553 e. The van der Waals surface area contributed by atoms with Crippen LogP contribution in [0.4, 0.5) is 0 Å². The molecule has 0 radical (unpaired) electrons. The van der Waals surface area contributed by atoms with E-state index in [0.717, 1.165) is 82.1 Å². The van der Waals surface area contributed by atoms with Crippen molar-refractivity contribution in [2.24, 2.45) is 71.0 Å². The van der Waals surface area contributed by atoms with Gasteiger partial charge in [0.1, 0.15) is 0 Å². The van der Waals surface area contributed by atoms with E-state index in [2.05, 4.69) is 65.1 Å². The fourth-order valence-electron chi connectivity index (χ4n) is 11.8. The molecule has 6 aliphatic rings. The van der Waals surface area contributed by atoms with Crippen LogP contribution in [0.1, 0.15) is 79.1 Å². The highest BCUT2D eigenvalue weighted by molar-refractivity contribution is 6.80. The third-order valence-electron chi connectivity index (χ3n) is 12.7. The first-order valence-electron chi connectivity index (χ1n) is 15.1. The lowest BCUT2D eigenvalue weighted by molar-refractivity contribution is 0.126. The van der Waals surface area contributed by atoms with Crippen molar-refractivity contribution in [1.29, 1.82) is 0 Å². The lowest BCUT2D eigenvalue weighted by atomic mass is 9.63. The van der Waals surface area contributed by atoms with Gasteiger partial charge in [-0.25, -0.2) is 0 Å². The van der Waals surface area contributed by atoms with Gasteiger partial charge in [-0.2, -0.15) is 0 Å². The second-order valence-corrected chi connectivity index (χ2v) is 20.0. The maximum absolute atomic E-state index is 2.87. The number of hydrogen-bond donors (Lipinski definition) is 0. The summed E-state index contributed by atoms with van der Waals surface area (Å²) in [5.74, 6) is 11.5. The number of hydrogen-bond acceptors (Lipinski definition) is 0. The summed E-state index contributed by atoms with van der Waals surface area (Å²) in [7, 11) is -1.43. The maximum atomic E-state index is 2.87. The fourth-order valence-corrected chi connectivity index (χ4v) is 18.1. The Morgan fingerprint density at radius 1 is 0.515 bits per heavy atom. The fraction of sp³-hybridized carbons (Fsp3) is 0.875. The van der Waals surface area contributed by atoms with Crippen LogP contribution in [0.3, 0.4) is 0 Å². The molecule has 0 aromatic heterocycles. The van der Waals surface area contributed by atoms with Crippen LogP contribution >= 0.6 is 0 Å². The summed E-state index contributed by atoms with van der Waals surface area (Å²) in [4.78, 5) is 0. The molecule has 4 saturated carbocycles. The molecule has 1 heteroatoms. The average molecular weight is 465 g/mol. The molecule has 0 heterocycles. The molecule has 184 valence electrons. The summed E-state index contributed by atoms with van der Waals surface area (Å²) in [5.41, 5.74) is 2.03. The minimum Gasteiger partial charge on any atom is -0.0848 e. The Hall–Kier alpha value is -0.303. The van der Waals surface area contributed by atoms with E-state index in [1.165, 1.54) is 51.4 Å². The zero-order valence-electron chi connectivity index (χ0n) is 22.5. The smallest absolute Gasteiger partial charge is 0.0553 e. The predicted molar refractivity (Wildman–Crippen MR) is 145 cm³/mol. The summed E-state index contributed by atoms with van der Waals surface area (Å²) < 4.78 is 0. The average Bonchev–Trinajstić information content (AvgIpc) is 3.30. The van der Waals surface area contributed by atoms with Crippen molar-refractivity contribution < 1.29 is 0 Å². The molecule has 4 fully saturated rings. The minimum atomic E-state index is -1.43. The van der Waals surface area contributed by atoms with E-state index in [4.69, 9.17) is 0 Å². The summed E-state index contributed by atoms with van der Waals surface area (Å²) in [6, 6.07) is 0. The van der Waals surface area contributed by atoms with Gasteiger partial charge < -0.3 is 0 Å². The minimum absolute atomic E-state index is 0.912. The second kappa shape index (κ2) is 8.38. The van der Waals surface area contributed by atoms with Gasteiger partial charge in [-0.15, -0.1) is 0 Å². The van der Waals surface area contributed by atoms with Crippen LogP contribution < -0.4 is 0 Å². The van der Waals surface area contributed by atoms with E-state index in [1.807, 2.05) is 0 Å². The van der Waals surface area contributed by atoms with Crippen LogP contribution in [-0.4, -0.2) is 8.07 Å². The van der Waals surface area contributed by atoms with E-state index >= 15 is 0 Å². The van der Waals surface area contributed by atoms with E-state index in [1.54, 1.807) is 0 Å². The molecule has 0 aliphatic heterocycles. The summed E-state index contributed by atoms with van der Waals surface area (Å²) >= 11 is 0. The van der Waals surface area contributed by atoms with Crippen LogP contribution in [0.15, 0.2) is 24.3 Å². The molecule has 6 aliphatic carbocycles. The first kappa shape index (κ1) is 23.1. The Labute approximate surface area is 206 Å². The number of fused-ring (bicyclic) bond motifs is 6. The highest BCUT2D eigenvalue weighted by atomic mass is 28.3. The van der Waals surface area contributed by atoms with Crippen LogP contribution in [0, 0.1) is 71.0 Å². The van der Waals surface area contributed by atoms with Gasteiger partial charge >= 0.3 is 0 Å². The zero-order valence-corrected chi connectivity index (χ0v) is 23.5. The third-order valence-corrected chi connectivity index (χ3v) is 18.1. The Kier molecular flexibility index (Phi) is 5.87. The summed E-state index contributed by atoms with van der Waals surface area (Å²) in [6.07, 6.45) is 23.1. The van der Waals surface area contributed by atoms with E-state index in [9.17, 15) is 0 Å². The van der Waals surface area contributed by atoms with Crippen molar-refractivity contribution in [3.63, 3.8) is 0 Å². The molecule has 0 aromatic carbocycles. The Balaban J connectivity index is 1.29. The van der Waals surface area contributed by atoms with E-state index in [-0.39, 0.29) is 0 Å². The highest BCUT2D eigenvalue weighted by Crippen LogP contribution is 2.66. The van der Waals surface area contributed by atoms with Crippen molar-refractivity contribution in [3.05, 3.63) is 24.3 Å². The Morgan fingerprint density at radius 3 is 1.36 bits per heavy atom. The topological polar surface area (TPSA) is 0 Å². The van der Waals surface area contributed by atoms with Gasteiger partial charge in [-0.05, 0) is 121 Å². The van der Waals surface area contributed by atoms with Gasteiger partial charge in [-0.3, -0.25) is 0 Å². The van der Waals surface area contributed by atoms with Crippen LogP contribution in [-0.2, 0) is 0 Å². The number of allylic oxidation sites excluding steroid dienone is 4. The highest BCUT2D eigenvalue weighted by Gasteiger charge is 2.60. The molecule has 0 spiro atoms. The predicted octanol–water partition coefficient (Wildman–Crippen LogP) is 9.22. The lowest BCUT2D eigenvalue weighted by Crippen LogP contribution is -2.47. The van der Waals surface area contributed by atoms with Gasteiger partial charge in [0, 0.05) is 0 Å². The molecule has 0 saturated heterocycles. The third kappa shape index (κ3) is 3.63. The molecule has 0 bridgehead atoms. The quantitative estimate of drug-likeness (QED) is 0.282. The summed E-state index contributed by atoms with van der Waals surface area (Å²) in [6.45, 7) is 16.2. The first-order valence-corrected chi connectivity index (χ1v) is 18.3. The Morgan fingerprint density at radius 2 is 0.939 bits per heavy atom. The molecule has 6 rings (SSSR count). The molecular formula is C32H52Si. The first-order chi connectivity index (χ1) is 15.8. The van der Waals surface area contributed by atoms with Gasteiger partial charge in [-0.1, -0.05) is 77.9 Å². The van der Waals surface area contributed by atoms with Crippen molar-refractivity contribution >= 4 is 8.07 Å². The zero-order chi connectivity index (χ0) is 23.1. The molecule has 0 amide bonds. The van der Waals surface area contributed by atoms with Crippen molar-refractivity contribution in [2.45, 2.75) is 103 Å². The molecule has 0 aromatic rings. The normalized spacial score (nSPS) is 55.6. The largest absolute Gasteiger partial charge is 0.0848 e. The lowest BCUT2D eigenvalue weighted by Gasteiger charge is -2.49. The van der Waals surface area contributed by atoms with Crippen LogP contribution in [0.25, 0.3) is 0 Å². The SMILES string of the molecule is CC1CC2C(C=CC3CC[C@H](C)C[C@@H]32)C1[Si](C)(C)C1C(C)CC2C1C=CC1CC[C@H](C)C[C@@H]12. The van der Waals surface area contributed by atoms with Crippen molar-refractivity contribution in [2.75, 3.05) is 0 Å². The van der Waals surface area contributed by atoms with E-state index < -0.39 is 8.07 Å². The van der Waals surface area contributed by atoms with Gasteiger partial charge in [0.2, 0.25) is 0 Å². The van der Waals surface area contributed by atoms with Crippen LogP contribution in [0.5, 0.6) is 0 Å². The van der Waals surface area contributed by atoms with Gasteiger partial charge in [0.25, 0.3) is 0 Å². The molecule has 0 nitrogen and oxygen atoms in total. The van der Waals surface area contributed by atoms with Gasteiger partial charge in [0.05, 0.1) is 8.07 Å². The van der Waals surface area contributed by atoms with Crippen molar-refractivity contribution in [1.82, 2.24) is 0 Å². The number of rotatable bonds is 2. The molecule has 33 heavy (non-hydrogen) atoms. The van der Waals surface area contributed by atoms with Gasteiger partial charge in [0.15, 0.2) is 0 Å². The molecule has 10 unspecified atom stereocenters. The molecular weight excluding hydrogens is 412 g/mol. The van der Waals surface area contributed by atoms with Crippen LogP contribution in [0.2, 0.25) is 24.2 Å². The Bertz CT molecular complexity index is 728. The standard InChI is InChI=1S/C32H52Si/c1-19-7-9-23-11-13-25-29(27(23)15-19)17-21(3)31(25)33(5,6)32-22(4)18-30-26(32)14-12-24-10-8-20(2)16-28(24)30/h11-14,19-32H,7-10,15-18H2,1-6H3/t19-,20-,21?,22?,23?,24?,25?,26?,27-,28-,29?,30?,31?,32?/m0/s1. The second-order valence-electron chi connectivity index (χ2n) is 15.0. The van der Waals surface area contributed by atoms with Crippen molar-refractivity contribution in [3.8, 4) is 0 Å². The summed E-state index contributed by atoms with van der Waals surface area (Å²) in [5, 5.41) is 0. The molecule has 0 N–H and O–H groups in total. The monoisotopic (exact) mass is 464 g/mol.